The first-order valence-corrected chi connectivity index (χ1v) is 6.14. The van der Waals surface area contributed by atoms with Crippen molar-refractivity contribution in [1.29, 1.82) is 0 Å². The Balaban J connectivity index is 2.50. The van der Waals surface area contributed by atoms with Crippen LogP contribution >= 0.6 is 0 Å². The zero-order valence-electron chi connectivity index (χ0n) is 11.5. The van der Waals surface area contributed by atoms with Crippen LogP contribution in [0.25, 0.3) is 0 Å². The predicted molar refractivity (Wildman–Crippen MR) is 72.5 cm³/mol. The Bertz CT molecular complexity index is 446. The Hall–Kier alpha value is -1.88. The van der Waals surface area contributed by atoms with Crippen molar-refractivity contribution >= 4 is 11.9 Å². The normalized spacial score (nSPS) is 11.7. The van der Waals surface area contributed by atoms with E-state index in [1.165, 1.54) is 19.6 Å². The lowest BCUT2D eigenvalue weighted by molar-refractivity contribution is -0.144. The van der Waals surface area contributed by atoms with Crippen molar-refractivity contribution < 1.29 is 14.3 Å². The van der Waals surface area contributed by atoms with Gasteiger partial charge in [-0.3, -0.25) is 4.79 Å². The van der Waals surface area contributed by atoms with E-state index in [0.29, 0.717) is 13.1 Å². The molecule has 1 rings (SSSR count). The van der Waals surface area contributed by atoms with Gasteiger partial charge in [-0.25, -0.2) is 4.79 Å². The van der Waals surface area contributed by atoms with Crippen molar-refractivity contribution in [3.8, 4) is 0 Å². The third-order valence-corrected chi connectivity index (χ3v) is 2.79. The molecule has 104 valence electrons. The summed E-state index contributed by atoms with van der Waals surface area (Å²) in [6.07, 6.45) is 0. The van der Waals surface area contributed by atoms with Gasteiger partial charge in [0.1, 0.15) is 6.04 Å². The van der Waals surface area contributed by atoms with Crippen LogP contribution in [0.3, 0.4) is 0 Å². The summed E-state index contributed by atoms with van der Waals surface area (Å²) >= 11 is 0. The molecular formula is C14H20N2O3. The molecule has 1 aromatic rings. The van der Waals surface area contributed by atoms with E-state index in [4.69, 9.17) is 0 Å². The SMILES string of the molecule is COC(=O)C(CNCc1ccccc1C)NC(C)=O. The fourth-order valence-electron chi connectivity index (χ4n) is 1.74. The van der Waals surface area contributed by atoms with Crippen LogP contribution in [0.2, 0.25) is 0 Å². The minimum Gasteiger partial charge on any atom is -0.467 e. The number of nitrogens with one attached hydrogen (secondary N) is 2. The monoisotopic (exact) mass is 264 g/mol. The number of aryl methyl sites for hydroxylation is 1. The molecule has 0 saturated heterocycles. The maximum absolute atomic E-state index is 11.5. The van der Waals surface area contributed by atoms with Crippen molar-refractivity contribution in [3.05, 3.63) is 35.4 Å². The Morgan fingerprint density at radius 3 is 2.58 bits per heavy atom. The molecule has 0 fully saturated rings. The fraction of sp³-hybridized carbons (Fsp3) is 0.429. The van der Waals surface area contributed by atoms with Crippen molar-refractivity contribution in [2.75, 3.05) is 13.7 Å². The number of esters is 1. The molecule has 0 aromatic heterocycles. The summed E-state index contributed by atoms with van der Waals surface area (Å²) in [4.78, 5) is 22.5. The van der Waals surface area contributed by atoms with E-state index < -0.39 is 12.0 Å². The first kappa shape index (κ1) is 15.2. The lowest BCUT2D eigenvalue weighted by Gasteiger charge is -2.16. The van der Waals surface area contributed by atoms with Gasteiger partial charge in [0.15, 0.2) is 0 Å². The highest BCUT2D eigenvalue weighted by atomic mass is 16.5. The van der Waals surface area contributed by atoms with Crippen molar-refractivity contribution in [2.24, 2.45) is 0 Å². The van der Waals surface area contributed by atoms with Crippen molar-refractivity contribution in [1.82, 2.24) is 10.6 Å². The van der Waals surface area contributed by atoms with Gasteiger partial charge < -0.3 is 15.4 Å². The third-order valence-electron chi connectivity index (χ3n) is 2.79. The van der Waals surface area contributed by atoms with E-state index in [2.05, 4.69) is 15.4 Å². The molecule has 0 aliphatic heterocycles. The number of methoxy groups -OCH3 is 1. The zero-order chi connectivity index (χ0) is 14.3. The second kappa shape index (κ2) is 7.53. The largest absolute Gasteiger partial charge is 0.467 e. The average molecular weight is 264 g/mol. The summed E-state index contributed by atoms with van der Waals surface area (Å²) in [5.41, 5.74) is 2.35. The molecule has 1 aromatic carbocycles. The number of rotatable bonds is 6. The van der Waals surface area contributed by atoms with Crippen molar-refractivity contribution in [3.63, 3.8) is 0 Å². The molecule has 0 aliphatic rings. The highest BCUT2D eigenvalue weighted by molar-refractivity contribution is 5.83. The lowest BCUT2D eigenvalue weighted by atomic mass is 10.1. The molecule has 1 amide bonds. The standard InChI is InChI=1S/C14H20N2O3/c1-10-6-4-5-7-12(10)8-15-9-13(14(18)19-3)16-11(2)17/h4-7,13,15H,8-9H2,1-3H3,(H,16,17). The smallest absolute Gasteiger partial charge is 0.329 e. The van der Waals surface area contributed by atoms with Crippen LogP contribution in [0, 0.1) is 6.92 Å². The summed E-state index contributed by atoms with van der Waals surface area (Å²) in [7, 11) is 1.30. The number of carbonyl (C=O) groups is 2. The number of benzene rings is 1. The molecule has 1 unspecified atom stereocenters. The molecule has 0 saturated carbocycles. The molecule has 0 heterocycles. The minimum absolute atomic E-state index is 0.256. The summed E-state index contributed by atoms with van der Waals surface area (Å²) < 4.78 is 4.65. The Morgan fingerprint density at radius 2 is 2.00 bits per heavy atom. The van der Waals surface area contributed by atoms with Crippen LogP contribution in [-0.4, -0.2) is 31.6 Å². The van der Waals surface area contributed by atoms with Gasteiger partial charge in [0.25, 0.3) is 0 Å². The molecule has 0 spiro atoms. The number of ether oxygens (including phenoxy) is 1. The van der Waals surface area contributed by atoms with Gasteiger partial charge in [-0.2, -0.15) is 0 Å². The molecule has 2 N–H and O–H groups in total. The van der Waals surface area contributed by atoms with E-state index in [0.717, 1.165) is 5.56 Å². The van der Waals surface area contributed by atoms with Crippen LogP contribution in [0.15, 0.2) is 24.3 Å². The van der Waals surface area contributed by atoms with Crippen molar-refractivity contribution in [2.45, 2.75) is 26.4 Å². The number of carbonyl (C=O) groups excluding carboxylic acids is 2. The van der Waals surface area contributed by atoms with Crippen LogP contribution in [0.1, 0.15) is 18.1 Å². The quantitative estimate of drug-likeness (QED) is 0.745. The van der Waals surface area contributed by atoms with Gasteiger partial charge in [0.05, 0.1) is 7.11 Å². The Kier molecular flexibility index (Phi) is 6.02. The topological polar surface area (TPSA) is 67.4 Å². The van der Waals surface area contributed by atoms with E-state index >= 15 is 0 Å². The number of hydrogen-bond donors (Lipinski definition) is 2. The average Bonchev–Trinajstić information content (AvgIpc) is 2.38. The second-order valence-electron chi connectivity index (χ2n) is 4.33. The molecule has 19 heavy (non-hydrogen) atoms. The highest BCUT2D eigenvalue weighted by Crippen LogP contribution is 2.05. The van der Waals surface area contributed by atoms with Gasteiger partial charge in [-0.15, -0.1) is 0 Å². The van der Waals surface area contributed by atoms with E-state index in [9.17, 15) is 9.59 Å². The maximum Gasteiger partial charge on any atom is 0.329 e. The van der Waals surface area contributed by atoms with Crippen LogP contribution < -0.4 is 10.6 Å². The van der Waals surface area contributed by atoms with Crippen LogP contribution in [-0.2, 0) is 20.9 Å². The minimum atomic E-state index is -0.661. The van der Waals surface area contributed by atoms with Crippen LogP contribution in [0.4, 0.5) is 0 Å². The molecule has 0 bridgehead atoms. The molecule has 1 atom stereocenters. The van der Waals surface area contributed by atoms with Gasteiger partial charge in [0.2, 0.25) is 5.91 Å². The van der Waals surface area contributed by atoms with Gasteiger partial charge in [-0.05, 0) is 18.1 Å². The molecule has 0 radical (unpaired) electrons. The molecule has 0 aliphatic carbocycles. The molecule has 5 heteroatoms. The predicted octanol–water partition coefficient (Wildman–Crippen LogP) is 0.762. The first-order chi connectivity index (χ1) is 9.04. The van der Waals surface area contributed by atoms with E-state index in [1.807, 2.05) is 31.2 Å². The lowest BCUT2D eigenvalue weighted by Crippen LogP contribution is -2.47. The van der Waals surface area contributed by atoms with Gasteiger partial charge in [-0.1, -0.05) is 24.3 Å². The first-order valence-electron chi connectivity index (χ1n) is 6.14. The highest BCUT2D eigenvalue weighted by Gasteiger charge is 2.19. The zero-order valence-corrected chi connectivity index (χ0v) is 11.5. The Labute approximate surface area is 113 Å². The maximum atomic E-state index is 11.5. The number of amides is 1. The van der Waals surface area contributed by atoms with Gasteiger partial charge >= 0.3 is 5.97 Å². The van der Waals surface area contributed by atoms with Crippen LogP contribution in [0.5, 0.6) is 0 Å². The number of hydrogen-bond acceptors (Lipinski definition) is 4. The fourth-order valence-corrected chi connectivity index (χ4v) is 1.74. The summed E-state index contributed by atoms with van der Waals surface area (Å²) in [5.74, 6) is -0.708. The van der Waals surface area contributed by atoms with E-state index in [1.54, 1.807) is 0 Å². The van der Waals surface area contributed by atoms with Gasteiger partial charge in [0, 0.05) is 20.0 Å². The summed E-state index contributed by atoms with van der Waals surface area (Å²) in [6.45, 7) is 4.38. The summed E-state index contributed by atoms with van der Waals surface area (Å²) in [6, 6.07) is 7.34. The molecule has 5 nitrogen and oxygen atoms in total. The van der Waals surface area contributed by atoms with E-state index in [-0.39, 0.29) is 5.91 Å². The molecular weight excluding hydrogens is 244 g/mol. The summed E-state index contributed by atoms with van der Waals surface area (Å²) in [5, 5.41) is 5.70. The third kappa shape index (κ3) is 5.09. The Morgan fingerprint density at radius 1 is 1.32 bits per heavy atom. The second-order valence-corrected chi connectivity index (χ2v) is 4.33.